The van der Waals surface area contributed by atoms with Crippen LogP contribution in [0.4, 0.5) is 0 Å². The Morgan fingerprint density at radius 2 is 2.11 bits per heavy atom. The number of carbonyl (C=O) groups excluding carboxylic acids is 1. The van der Waals surface area contributed by atoms with Crippen LogP contribution in [0.15, 0.2) is 18.2 Å². The number of aliphatic hydroxyl groups is 1. The minimum absolute atomic E-state index is 0.173. The van der Waals surface area contributed by atoms with Crippen molar-refractivity contribution in [3.63, 3.8) is 0 Å². The smallest absolute Gasteiger partial charge is 0.254 e. The van der Waals surface area contributed by atoms with Crippen LogP contribution in [0.1, 0.15) is 10.4 Å². The largest absolute Gasteiger partial charge is 0.454 e. The Kier molecular flexibility index (Phi) is 3.04. The second-order valence-corrected chi connectivity index (χ2v) is 4.66. The van der Waals surface area contributed by atoms with E-state index in [1.54, 1.807) is 25.2 Å². The summed E-state index contributed by atoms with van der Waals surface area (Å²) in [6, 6.07) is 4.75. The van der Waals surface area contributed by atoms with E-state index in [-0.39, 0.29) is 25.3 Å². The molecule has 0 bridgehead atoms. The van der Waals surface area contributed by atoms with Crippen molar-refractivity contribution in [1.29, 1.82) is 0 Å². The summed E-state index contributed by atoms with van der Waals surface area (Å²) in [5, 5.41) is 9.75. The van der Waals surface area contributed by atoms with E-state index < -0.39 is 6.10 Å². The maximum Gasteiger partial charge on any atom is 0.254 e. The Balaban J connectivity index is 1.79. The van der Waals surface area contributed by atoms with E-state index in [1.807, 2.05) is 0 Å². The van der Waals surface area contributed by atoms with Crippen LogP contribution in [0.5, 0.6) is 11.5 Å². The molecular formula is C13H15NO5. The van der Waals surface area contributed by atoms with Gasteiger partial charge in [-0.2, -0.15) is 0 Å². The highest BCUT2D eigenvalue weighted by atomic mass is 16.7. The molecule has 1 N–H and O–H groups in total. The van der Waals surface area contributed by atoms with Gasteiger partial charge in [-0.1, -0.05) is 0 Å². The van der Waals surface area contributed by atoms with Gasteiger partial charge in [-0.05, 0) is 18.2 Å². The number of hydrogen-bond donors (Lipinski definition) is 1. The lowest BCUT2D eigenvalue weighted by atomic mass is 10.1. The first-order chi connectivity index (χ1) is 9.16. The van der Waals surface area contributed by atoms with Gasteiger partial charge in [-0.15, -0.1) is 0 Å². The van der Waals surface area contributed by atoms with Crippen LogP contribution in [0.25, 0.3) is 0 Å². The van der Waals surface area contributed by atoms with E-state index in [4.69, 9.17) is 14.2 Å². The highest BCUT2D eigenvalue weighted by Gasteiger charge is 2.33. The Bertz CT molecular complexity index is 504. The molecule has 1 amide bonds. The lowest BCUT2D eigenvalue weighted by Gasteiger charge is -2.25. The first kappa shape index (κ1) is 12.3. The van der Waals surface area contributed by atoms with Crippen molar-refractivity contribution in [3.8, 4) is 11.5 Å². The SMILES string of the molecule is CN(C(=O)c1ccc2c(c1)OCO2)[C@H]1COC[C@@H]1O. The second kappa shape index (κ2) is 4.71. The zero-order chi connectivity index (χ0) is 13.4. The van der Waals surface area contributed by atoms with Crippen molar-refractivity contribution < 1.29 is 24.1 Å². The molecule has 1 fully saturated rings. The van der Waals surface area contributed by atoms with Gasteiger partial charge in [0.2, 0.25) is 6.79 Å². The fourth-order valence-corrected chi connectivity index (χ4v) is 2.29. The van der Waals surface area contributed by atoms with Gasteiger partial charge in [-0.3, -0.25) is 4.79 Å². The van der Waals surface area contributed by atoms with Gasteiger partial charge in [0, 0.05) is 12.6 Å². The molecule has 2 aliphatic rings. The van der Waals surface area contributed by atoms with E-state index in [9.17, 15) is 9.90 Å². The van der Waals surface area contributed by atoms with E-state index in [2.05, 4.69) is 0 Å². The third-order valence-corrected chi connectivity index (χ3v) is 3.46. The highest BCUT2D eigenvalue weighted by molar-refractivity contribution is 5.95. The van der Waals surface area contributed by atoms with Crippen molar-refractivity contribution >= 4 is 5.91 Å². The fourth-order valence-electron chi connectivity index (χ4n) is 2.29. The summed E-state index contributed by atoms with van der Waals surface area (Å²) in [6.45, 7) is 0.801. The zero-order valence-corrected chi connectivity index (χ0v) is 10.5. The molecule has 1 saturated heterocycles. The molecule has 1 aromatic carbocycles. The molecule has 19 heavy (non-hydrogen) atoms. The molecule has 1 aromatic rings. The molecule has 6 heteroatoms. The van der Waals surface area contributed by atoms with Crippen molar-refractivity contribution in [3.05, 3.63) is 23.8 Å². The number of hydrogen-bond acceptors (Lipinski definition) is 5. The average molecular weight is 265 g/mol. The Morgan fingerprint density at radius 1 is 1.32 bits per heavy atom. The molecule has 2 atom stereocenters. The summed E-state index contributed by atoms with van der Waals surface area (Å²) in [6.07, 6.45) is -0.636. The molecule has 102 valence electrons. The van der Waals surface area contributed by atoms with Crippen LogP contribution in [-0.2, 0) is 4.74 Å². The van der Waals surface area contributed by atoms with Crippen LogP contribution in [0, 0.1) is 0 Å². The van der Waals surface area contributed by atoms with E-state index in [1.165, 1.54) is 4.90 Å². The summed E-state index contributed by atoms with van der Waals surface area (Å²) in [4.78, 5) is 13.8. The van der Waals surface area contributed by atoms with Gasteiger partial charge < -0.3 is 24.2 Å². The molecule has 0 unspecified atom stereocenters. The zero-order valence-electron chi connectivity index (χ0n) is 10.5. The van der Waals surface area contributed by atoms with Crippen LogP contribution < -0.4 is 9.47 Å². The molecule has 2 heterocycles. The summed E-state index contributed by atoms with van der Waals surface area (Å²) < 4.78 is 15.6. The predicted molar refractivity (Wildman–Crippen MR) is 65.3 cm³/mol. The molecule has 3 rings (SSSR count). The minimum atomic E-state index is -0.636. The van der Waals surface area contributed by atoms with E-state index in [0.717, 1.165) is 0 Å². The van der Waals surface area contributed by atoms with E-state index >= 15 is 0 Å². The number of benzene rings is 1. The number of amides is 1. The van der Waals surface area contributed by atoms with Crippen LogP contribution >= 0.6 is 0 Å². The molecule has 0 spiro atoms. The summed E-state index contributed by atoms with van der Waals surface area (Å²) in [5.41, 5.74) is 0.505. The van der Waals surface area contributed by atoms with Gasteiger partial charge in [0.15, 0.2) is 11.5 Å². The first-order valence-electron chi connectivity index (χ1n) is 6.09. The Labute approximate surface area is 110 Å². The topological polar surface area (TPSA) is 68.2 Å². The van der Waals surface area contributed by atoms with Crippen LogP contribution in [-0.4, -0.2) is 55.1 Å². The number of aliphatic hydroxyl groups excluding tert-OH is 1. The van der Waals surface area contributed by atoms with Gasteiger partial charge in [0.1, 0.15) is 0 Å². The maximum absolute atomic E-state index is 12.3. The van der Waals surface area contributed by atoms with Crippen molar-refractivity contribution in [1.82, 2.24) is 4.90 Å². The number of carbonyl (C=O) groups is 1. The van der Waals surface area contributed by atoms with Crippen molar-refractivity contribution in [2.45, 2.75) is 12.1 Å². The van der Waals surface area contributed by atoms with Gasteiger partial charge in [-0.25, -0.2) is 0 Å². The number of rotatable bonds is 2. The van der Waals surface area contributed by atoms with Crippen LogP contribution in [0.3, 0.4) is 0 Å². The lowest BCUT2D eigenvalue weighted by molar-refractivity contribution is 0.0581. The van der Waals surface area contributed by atoms with Crippen molar-refractivity contribution in [2.24, 2.45) is 0 Å². The normalized spacial score (nSPS) is 24.5. The lowest BCUT2D eigenvalue weighted by Crippen LogP contribution is -2.44. The molecule has 2 aliphatic heterocycles. The number of likely N-dealkylation sites (N-methyl/N-ethyl adjacent to an activating group) is 1. The first-order valence-corrected chi connectivity index (χ1v) is 6.09. The predicted octanol–water partition coefficient (Wildman–Crippen LogP) is 0.247. The molecule has 0 aliphatic carbocycles. The fraction of sp³-hybridized carbons (Fsp3) is 0.462. The number of fused-ring (bicyclic) bond motifs is 1. The third kappa shape index (κ3) is 2.13. The number of ether oxygens (including phenoxy) is 3. The molecule has 6 nitrogen and oxygen atoms in total. The standard InChI is InChI=1S/C13H15NO5/c1-14(9-5-17-6-10(9)15)13(16)8-2-3-11-12(4-8)19-7-18-11/h2-4,9-10,15H,5-7H2,1H3/t9-,10-/m0/s1. The molecule has 0 saturated carbocycles. The van der Waals surface area contributed by atoms with E-state index in [0.29, 0.717) is 23.7 Å². The van der Waals surface area contributed by atoms with Crippen molar-refractivity contribution in [2.75, 3.05) is 27.1 Å². The Hall–Kier alpha value is -1.79. The molecular weight excluding hydrogens is 250 g/mol. The van der Waals surface area contributed by atoms with Crippen LogP contribution in [0.2, 0.25) is 0 Å². The Morgan fingerprint density at radius 3 is 2.84 bits per heavy atom. The molecule has 0 radical (unpaired) electrons. The van der Waals surface area contributed by atoms with Gasteiger partial charge in [0.05, 0.1) is 25.4 Å². The molecule has 0 aromatic heterocycles. The van der Waals surface area contributed by atoms with Gasteiger partial charge >= 0.3 is 0 Å². The quantitative estimate of drug-likeness (QED) is 0.830. The average Bonchev–Trinajstić information content (AvgIpc) is 3.04. The highest BCUT2D eigenvalue weighted by Crippen LogP contribution is 2.33. The number of nitrogens with zero attached hydrogens (tertiary/aromatic N) is 1. The minimum Gasteiger partial charge on any atom is -0.454 e. The second-order valence-electron chi connectivity index (χ2n) is 4.66. The van der Waals surface area contributed by atoms with Gasteiger partial charge in [0.25, 0.3) is 5.91 Å². The summed E-state index contributed by atoms with van der Waals surface area (Å²) in [5.74, 6) is 1.04. The summed E-state index contributed by atoms with van der Waals surface area (Å²) in [7, 11) is 1.66. The maximum atomic E-state index is 12.3. The summed E-state index contributed by atoms with van der Waals surface area (Å²) >= 11 is 0. The monoisotopic (exact) mass is 265 g/mol. The third-order valence-electron chi connectivity index (χ3n) is 3.46.